The SMILES string of the molecule is Cc1cc(C)c([N+]2=CN(c3ccccc3-c3ccccc3O)[C@@H](c3ccccc3)[C@@H]2c2ccccc2)c(C)c1.[Cl-]. The van der Waals surface area contributed by atoms with E-state index in [1.54, 1.807) is 6.07 Å². The van der Waals surface area contributed by atoms with Crippen LogP contribution in [0.4, 0.5) is 11.4 Å². The Morgan fingerprint density at radius 3 is 1.77 bits per heavy atom. The Labute approximate surface area is 243 Å². The lowest BCUT2D eigenvalue weighted by molar-refractivity contribution is -0.482. The van der Waals surface area contributed by atoms with Gasteiger partial charge in [-0.1, -0.05) is 109 Å². The van der Waals surface area contributed by atoms with Gasteiger partial charge in [0.1, 0.15) is 17.1 Å². The fourth-order valence-corrected chi connectivity index (χ4v) is 6.18. The first-order valence-electron chi connectivity index (χ1n) is 13.5. The molecule has 0 amide bonds. The molecule has 0 aliphatic carbocycles. The molecule has 40 heavy (non-hydrogen) atoms. The molecule has 0 saturated heterocycles. The molecule has 5 aromatic carbocycles. The highest BCUT2D eigenvalue weighted by Crippen LogP contribution is 2.48. The molecule has 5 aromatic rings. The van der Waals surface area contributed by atoms with E-state index in [1.807, 2.05) is 24.3 Å². The zero-order valence-electron chi connectivity index (χ0n) is 23.0. The lowest BCUT2D eigenvalue weighted by atomic mass is 9.91. The van der Waals surface area contributed by atoms with Gasteiger partial charge in [-0.2, -0.15) is 0 Å². The van der Waals surface area contributed by atoms with Crippen LogP contribution in [-0.4, -0.2) is 16.0 Å². The molecule has 0 radical (unpaired) electrons. The van der Waals surface area contributed by atoms with Gasteiger partial charge in [0, 0.05) is 22.3 Å². The number of halogens is 1. The summed E-state index contributed by atoms with van der Waals surface area (Å²) >= 11 is 0. The first kappa shape index (κ1) is 27.2. The Morgan fingerprint density at radius 1 is 0.625 bits per heavy atom. The maximum atomic E-state index is 10.8. The predicted octanol–water partition coefficient (Wildman–Crippen LogP) is 5.66. The van der Waals surface area contributed by atoms with Gasteiger partial charge in [0.2, 0.25) is 6.34 Å². The van der Waals surface area contributed by atoms with Crippen molar-refractivity contribution in [1.82, 2.24) is 0 Å². The Bertz CT molecular complexity index is 1640. The van der Waals surface area contributed by atoms with E-state index in [0.717, 1.165) is 16.8 Å². The van der Waals surface area contributed by atoms with Gasteiger partial charge in [0.25, 0.3) is 0 Å². The summed E-state index contributed by atoms with van der Waals surface area (Å²) in [7, 11) is 0. The Morgan fingerprint density at radius 2 is 1.15 bits per heavy atom. The standard InChI is InChI=1S/C36H32N2O.ClH/c1-25-22-26(2)34(27(3)23-25)38-24-37(32-20-12-10-18-30(32)31-19-11-13-21-33(31)39)35(28-14-6-4-7-15-28)36(38)29-16-8-5-9-17-29;/h4-24,35-36H,1-3H3;1H/t35-,36-;/m0./s1. The molecular formula is C36H33ClN2O. The van der Waals surface area contributed by atoms with Crippen molar-refractivity contribution in [3.63, 3.8) is 0 Å². The predicted molar refractivity (Wildman–Crippen MR) is 161 cm³/mol. The van der Waals surface area contributed by atoms with Crippen LogP contribution in [-0.2, 0) is 0 Å². The van der Waals surface area contributed by atoms with E-state index < -0.39 is 0 Å². The number of anilines is 1. The second-order valence-corrected chi connectivity index (χ2v) is 10.4. The largest absolute Gasteiger partial charge is 1.00 e. The zero-order chi connectivity index (χ0) is 26.9. The summed E-state index contributed by atoms with van der Waals surface area (Å²) in [6.07, 6.45) is 2.28. The van der Waals surface area contributed by atoms with Crippen LogP contribution in [0, 0.1) is 20.8 Å². The van der Waals surface area contributed by atoms with Gasteiger partial charge >= 0.3 is 0 Å². The molecule has 6 rings (SSSR count). The van der Waals surface area contributed by atoms with E-state index in [-0.39, 0.29) is 30.2 Å². The Hall–Kier alpha value is -4.34. The Kier molecular flexibility index (Phi) is 7.77. The first-order chi connectivity index (χ1) is 19.0. The molecule has 1 N–H and O–H groups in total. The highest BCUT2D eigenvalue weighted by Gasteiger charge is 2.47. The van der Waals surface area contributed by atoms with Crippen molar-refractivity contribution in [1.29, 1.82) is 0 Å². The Balaban J connectivity index is 0.00000323. The van der Waals surface area contributed by atoms with Crippen LogP contribution < -0.4 is 17.3 Å². The highest BCUT2D eigenvalue weighted by molar-refractivity contribution is 5.91. The van der Waals surface area contributed by atoms with E-state index >= 15 is 0 Å². The molecule has 0 spiro atoms. The molecule has 0 unspecified atom stereocenters. The van der Waals surface area contributed by atoms with E-state index in [9.17, 15) is 5.11 Å². The number of aryl methyl sites for hydroxylation is 3. The number of nitrogens with zero attached hydrogens (tertiary/aromatic N) is 2. The number of para-hydroxylation sites is 2. The van der Waals surface area contributed by atoms with Gasteiger partial charge in [-0.05, 0) is 50.1 Å². The van der Waals surface area contributed by atoms with E-state index in [0.29, 0.717) is 0 Å². The fraction of sp³-hybridized carbons (Fsp3) is 0.139. The molecule has 1 heterocycles. The minimum atomic E-state index is 0. The summed E-state index contributed by atoms with van der Waals surface area (Å²) in [6.45, 7) is 6.58. The molecule has 0 fully saturated rings. The molecular weight excluding hydrogens is 512 g/mol. The highest BCUT2D eigenvalue weighted by atomic mass is 35.5. The molecule has 4 heteroatoms. The number of rotatable bonds is 5. The lowest BCUT2D eigenvalue weighted by Gasteiger charge is -2.26. The topological polar surface area (TPSA) is 26.5 Å². The molecule has 200 valence electrons. The number of hydrogen-bond donors (Lipinski definition) is 1. The monoisotopic (exact) mass is 544 g/mol. The van der Waals surface area contributed by atoms with Gasteiger partial charge in [-0.3, -0.25) is 0 Å². The maximum Gasteiger partial charge on any atom is 0.245 e. The van der Waals surface area contributed by atoms with Crippen LogP contribution in [0.3, 0.4) is 0 Å². The summed E-state index contributed by atoms with van der Waals surface area (Å²) in [6, 6.07) is 42.1. The average molecular weight is 545 g/mol. The third kappa shape index (κ3) is 4.89. The molecule has 3 nitrogen and oxygen atoms in total. The maximum absolute atomic E-state index is 10.8. The number of hydrogen-bond acceptors (Lipinski definition) is 2. The number of aromatic hydroxyl groups is 1. The minimum absolute atomic E-state index is 0. The van der Waals surface area contributed by atoms with Crippen LogP contribution in [0.2, 0.25) is 0 Å². The number of benzene rings is 5. The first-order valence-corrected chi connectivity index (χ1v) is 13.5. The summed E-state index contributed by atoms with van der Waals surface area (Å²) in [5.41, 5.74) is 10.4. The van der Waals surface area contributed by atoms with Crippen molar-refractivity contribution in [2.24, 2.45) is 0 Å². The van der Waals surface area contributed by atoms with Crippen molar-refractivity contribution >= 4 is 17.7 Å². The van der Waals surface area contributed by atoms with Crippen molar-refractivity contribution in [3.05, 3.63) is 149 Å². The van der Waals surface area contributed by atoms with Crippen LogP contribution in [0.5, 0.6) is 5.75 Å². The van der Waals surface area contributed by atoms with E-state index in [1.165, 1.54) is 33.5 Å². The number of phenols is 1. The summed E-state index contributed by atoms with van der Waals surface area (Å²) < 4.78 is 2.46. The number of phenolic OH excluding ortho intramolecular Hbond substituents is 1. The molecule has 2 atom stereocenters. The second kappa shape index (κ2) is 11.4. The normalized spacial score (nSPS) is 16.4. The lowest BCUT2D eigenvalue weighted by Crippen LogP contribution is -3.00. The van der Waals surface area contributed by atoms with Gasteiger partial charge in [-0.25, -0.2) is 9.48 Å². The van der Waals surface area contributed by atoms with Crippen molar-refractivity contribution in [3.8, 4) is 16.9 Å². The summed E-state index contributed by atoms with van der Waals surface area (Å²) in [5, 5.41) is 10.8. The molecule has 0 saturated carbocycles. The van der Waals surface area contributed by atoms with Crippen LogP contribution in [0.1, 0.15) is 39.9 Å². The van der Waals surface area contributed by atoms with Crippen molar-refractivity contribution < 1.29 is 22.1 Å². The smallest absolute Gasteiger partial charge is 0.245 e. The zero-order valence-corrected chi connectivity index (χ0v) is 23.8. The fourth-order valence-electron chi connectivity index (χ4n) is 6.18. The third-order valence-electron chi connectivity index (χ3n) is 7.70. The van der Waals surface area contributed by atoms with Crippen LogP contribution >= 0.6 is 0 Å². The van der Waals surface area contributed by atoms with E-state index in [2.05, 4.69) is 128 Å². The van der Waals surface area contributed by atoms with Gasteiger partial charge in [0.15, 0.2) is 12.1 Å². The molecule has 1 aliphatic heterocycles. The summed E-state index contributed by atoms with van der Waals surface area (Å²) in [4.78, 5) is 2.40. The van der Waals surface area contributed by atoms with Crippen molar-refractivity contribution in [2.75, 3.05) is 4.90 Å². The molecule has 0 bridgehead atoms. The summed E-state index contributed by atoms with van der Waals surface area (Å²) in [5.74, 6) is 0.280. The molecule has 0 aromatic heterocycles. The van der Waals surface area contributed by atoms with Gasteiger partial charge < -0.3 is 17.5 Å². The quantitative estimate of drug-likeness (QED) is 0.289. The van der Waals surface area contributed by atoms with Crippen LogP contribution in [0.25, 0.3) is 11.1 Å². The minimum Gasteiger partial charge on any atom is -1.00 e. The molecule has 1 aliphatic rings. The second-order valence-electron chi connectivity index (χ2n) is 10.4. The third-order valence-corrected chi connectivity index (χ3v) is 7.70. The van der Waals surface area contributed by atoms with E-state index in [4.69, 9.17) is 0 Å². The van der Waals surface area contributed by atoms with Crippen LogP contribution in [0.15, 0.2) is 121 Å². The van der Waals surface area contributed by atoms with Gasteiger partial charge in [-0.15, -0.1) is 0 Å². The average Bonchev–Trinajstić information content (AvgIpc) is 3.33. The van der Waals surface area contributed by atoms with Crippen molar-refractivity contribution in [2.45, 2.75) is 32.9 Å². The van der Waals surface area contributed by atoms with Gasteiger partial charge in [0.05, 0.1) is 0 Å².